The molecule has 280 valence electrons. The molecule has 0 saturated carbocycles. The maximum Gasteiger partial charge on any atom is 0.0440 e. The van der Waals surface area contributed by atoms with Gasteiger partial charge in [0, 0.05) is 31.2 Å². The Morgan fingerprint density at radius 2 is 0.817 bits per heavy atom. The van der Waals surface area contributed by atoms with E-state index in [-0.39, 0.29) is 5.41 Å². The van der Waals surface area contributed by atoms with Crippen molar-refractivity contribution in [2.75, 3.05) is 0 Å². The maximum atomic E-state index is 2.52. The average molecular weight is 779 g/mol. The number of fused-ring (bicyclic) bond motifs is 12. The minimum absolute atomic E-state index is 0.111. The highest BCUT2D eigenvalue weighted by Crippen LogP contribution is 2.57. The van der Waals surface area contributed by atoms with Crippen LogP contribution in [0.1, 0.15) is 25.0 Å². The summed E-state index contributed by atoms with van der Waals surface area (Å²) < 4.78 is 2.74. The molecular formula is C59H38S. The Morgan fingerprint density at radius 3 is 1.52 bits per heavy atom. The van der Waals surface area contributed by atoms with Crippen LogP contribution in [0.2, 0.25) is 0 Å². The van der Waals surface area contributed by atoms with Crippen molar-refractivity contribution in [2.24, 2.45) is 0 Å². The van der Waals surface area contributed by atoms with E-state index in [4.69, 9.17) is 0 Å². The first-order chi connectivity index (χ1) is 29.5. The molecule has 1 heteroatoms. The summed E-state index contributed by atoms with van der Waals surface area (Å²) in [4.78, 5) is 0. The predicted octanol–water partition coefficient (Wildman–Crippen LogP) is 17.1. The fraction of sp³-hybridized carbons (Fsp3) is 0.0508. The van der Waals surface area contributed by atoms with E-state index in [1.165, 1.54) is 130 Å². The SMILES string of the molecule is CC1(C)c2ccccc2-c2c1cc1c(sc3c4ccccc4ccc13)c2-c1ccc2cc(-c3c4ccccc4c(-c4cccc5ccccc45)c4ccccc34)ccc2c1. The van der Waals surface area contributed by atoms with Gasteiger partial charge in [-0.2, -0.15) is 0 Å². The monoisotopic (exact) mass is 778 g/mol. The van der Waals surface area contributed by atoms with Crippen LogP contribution in [0.25, 0.3) is 119 Å². The van der Waals surface area contributed by atoms with Gasteiger partial charge >= 0.3 is 0 Å². The number of thiophene rings is 1. The van der Waals surface area contributed by atoms with Gasteiger partial charge in [0.05, 0.1) is 0 Å². The van der Waals surface area contributed by atoms with Crippen molar-refractivity contribution in [1.29, 1.82) is 0 Å². The Kier molecular flexibility index (Phi) is 7.04. The molecule has 0 N–H and O–H groups in total. The summed E-state index contributed by atoms with van der Waals surface area (Å²) in [6.07, 6.45) is 0. The summed E-state index contributed by atoms with van der Waals surface area (Å²) in [6.45, 7) is 4.81. The van der Waals surface area contributed by atoms with Crippen LogP contribution in [0.5, 0.6) is 0 Å². The lowest BCUT2D eigenvalue weighted by Crippen LogP contribution is -2.14. The van der Waals surface area contributed by atoms with E-state index in [0.717, 1.165) is 0 Å². The largest absolute Gasteiger partial charge is 0.134 e. The number of benzene rings is 11. The standard InChI is InChI=1S/C59H38S/c1-59(2)51-25-12-11-23-49(51)56-52(59)34-50-48-31-30-36-15-4-6-18-42(36)57(48)60-58(50)54(56)40-29-27-37-32-39(28-26-38(37)33-40)53-44-19-7-9-21-46(44)55(47-22-10-8-20-45(47)53)43-24-13-16-35-14-3-5-17-41(35)43/h3-34H,1-2H3. The van der Waals surface area contributed by atoms with Crippen LogP contribution >= 0.6 is 11.3 Å². The third-order valence-electron chi connectivity index (χ3n) is 13.6. The van der Waals surface area contributed by atoms with Crippen LogP contribution in [0.3, 0.4) is 0 Å². The fourth-order valence-corrected chi connectivity index (χ4v) is 12.2. The highest BCUT2D eigenvalue weighted by molar-refractivity contribution is 7.27. The second kappa shape index (κ2) is 12.5. The molecule has 0 amide bonds. The molecule has 0 fully saturated rings. The van der Waals surface area contributed by atoms with E-state index < -0.39 is 0 Å². The first-order valence-corrected chi connectivity index (χ1v) is 21.8. The summed E-state index contributed by atoms with van der Waals surface area (Å²) in [7, 11) is 0. The molecule has 11 aromatic carbocycles. The van der Waals surface area contributed by atoms with E-state index >= 15 is 0 Å². The number of hydrogen-bond acceptors (Lipinski definition) is 1. The van der Waals surface area contributed by atoms with Crippen molar-refractivity contribution in [3.63, 3.8) is 0 Å². The Labute approximate surface area is 352 Å². The molecule has 60 heavy (non-hydrogen) atoms. The summed E-state index contributed by atoms with van der Waals surface area (Å²) >= 11 is 1.96. The lowest BCUT2D eigenvalue weighted by atomic mass is 9.81. The normalized spacial score (nSPS) is 13.3. The van der Waals surface area contributed by atoms with E-state index in [1.54, 1.807) is 0 Å². The molecule has 1 heterocycles. The second-order valence-corrected chi connectivity index (χ2v) is 18.2. The molecule has 0 saturated heterocycles. The van der Waals surface area contributed by atoms with E-state index in [2.05, 4.69) is 208 Å². The highest BCUT2D eigenvalue weighted by Gasteiger charge is 2.38. The number of rotatable bonds is 3. The van der Waals surface area contributed by atoms with Crippen molar-refractivity contribution < 1.29 is 0 Å². The van der Waals surface area contributed by atoms with Gasteiger partial charge < -0.3 is 0 Å². The van der Waals surface area contributed by atoms with Crippen molar-refractivity contribution in [3.8, 4) is 44.5 Å². The van der Waals surface area contributed by atoms with Gasteiger partial charge in [0.2, 0.25) is 0 Å². The zero-order valence-corrected chi connectivity index (χ0v) is 34.2. The van der Waals surface area contributed by atoms with E-state index in [9.17, 15) is 0 Å². The van der Waals surface area contributed by atoms with Gasteiger partial charge in [0.15, 0.2) is 0 Å². The molecule has 0 atom stereocenters. The molecule has 0 bridgehead atoms. The molecule has 1 aromatic heterocycles. The molecule has 0 unspecified atom stereocenters. The van der Waals surface area contributed by atoms with Crippen LogP contribution in [0, 0.1) is 0 Å². The Bertz CT molecular complexity index is 3740. The lowest BCUT2D eigenvalue weighted by Gasteiger charge is -2.22. The van der Waals surface area contributed by atoms with Gasteiger partial charge in [-0.15, -0.1) is 11.3 Å². The fourth-order valence-electron chi connectivity index (χ4n) is 10.8. The predicted molar refractivity (Wildman–Crippen MR) is 261 cm³/mol. The van der Waals surface area contributed by atoms with Gasteiger partial charge in [-0.25, -0.2) is 0 Å². The maximum absolute atomic E-state index is 2.52. The molecule has 0 nitrogen and oxygen atoms in total. The molecule has 0 radical (unpaired) electrons. The Hall–Kier alpha value is -7.06. The minimum atomic E-state index is -0.111. The van der Waals surface area contributed by atoms with E-state index in [0.29, 0.717) is 0 Å². The Balaban J connectivity index is 1.04. The van der Waals surface area contributed by atoms with Gasteiger partial charge in [0.25, 0.3) is 0 Å². The molecule has 13 rings (SSSR count). The van der Waals surface area contributed by atoms with Crippen molar-refractivity contribution in [1.82, 2.24) is 0 Å². The zero-order chi connectivity index (χ0) is 39.7. The quantitative estimate of drug-likeness (QED) is 0.157. The van der Waals surface area contributed by atoms with Gasteiger partial charge in [0.1, 0.15) is 0 Å². The van der Waals surface area contributed by atoms with Crippen LogP contribution in [-0.4, -0.2) is 0 Å². The summed E-state index contributed by atoms with van der Waals surface area (Å²) in [5.74, 6) is 0. The summed E-state index contributed by atoms with van der Waals surface area (Å²) in [5.41, 5.74) is 13.2. The minimum Gasteiger partial charge on any atom is -0.134 e. The lowest BCUT2D eigenvalue weighted by molar-refractivity contribution is 0.661. The van der Waals surface area contributed by atoms with Gasteiger partial charge in [-0.3, -0.25) is 0 Å². The van der Waals surface area contributed by atoms with Crippen molar-refractivity contribution >= 4 is 85.4 Å². The smallest absolute Gasteiger partial charge is 0.0440 e. The first kappa shape index (κ1) is 33.9. The first-order valence-electron chi connectivity index (χ1n) is 21.0. The molecule has 0 aliphatic heterocycles. The van der Waals surface area contributed by atoms with Crippen LogP contribution in [0.15, 0.2) is 194 Å². The number of hydrogen-bond donors (Lipinski definition) is 0. The third kappa shape index (κ3) is 4.67. The molecule has 12 aromatic rings. The summed E-state index contributed by atoms with van der Waals surface area (Å²) in [6, 6.07) is 72.9. The van der Waals surface area contributed by atoms with E-state index in [1.807, 2.05) is 11.3 Å². The average Bonchev–Trinajstić information content (AvgIpc) is 3.79. The van der Waals surface area contributed by atoms with Crippen molar-refractivity contribution in [2.45, 2.75) is 19.3 Å². The molecule has 1 aliphatic rings. The van der Waals surface area contributed by atoms with Crippen LogP contribution in [-0.2, 0) is 5.41 Å². The van der Waals surface area contributed by atoms with Crippen LogP contribution < -0.4 is 0 Å². The van der Waals surface area contributed by atoms with Crippen LogP contribution in [0.4, 0.5) is 0 Å². The molecule has 1 aliphatic carbocycles. The highest BCUT2D eigenvalue weighted by atomic mass is 32.1. The van der Waals surface area contributed by atoms with Gasteiger partial charge in [-0.05, 0) is 122 Å². The van der Waals surface area contributed by atoms with Crippen molar-refractivity contribution in [3.05, 3.63) is 205 Å². The topological polar surface area (TPSA) is 0 Å². The van der Waals surface area contributed by atoms with Gasteiger partial charge in [-0.1, -0.05) is 190 Å². The summed E-state index contributed by atoms with van der Waals surface area (Å²) in [5, 5.41) is 15.5. The second-order valence-electron chi connectivity index (χ2n) is 17.1. The molecular weight excluding hydrogens is 741 g/mol. The zero-order valence-electron chi connectivity index (χ0n) is 33.4. The Morgan fingerprint density at radius 1 is 0.300 bits per heavy atom. The third-order valence-corrected chi connectivity index (χ3v) is 14.9. The molecule has 0 spiro atoms.